The maximum absolute atomic E-state index is 5.98. The lowest BCUT2D eigenvalue weighted by Gasteiger charge is -2.32. The van der Waals surface area contributed by atoms with E-state index in [1.165, 1.54) is 29.7 Å². The molecule has 0 spiro atoms. The monoisotopic (exact) mass is 301 g/mol. The summed E-state index contributed by atoms with van der Waals surface area (Å²) in [5.41, 5.74) is 3.90. The number of nitrogens with zero attached hydrogens (tertiary/aromatic N) is 3. The summed E-state index contributed by atoms with van der Waals surface area (Å²) in [6, 6.07) is 2.04. The molecule has 22 heavy (non-hydrogen) atoms. The number of aryl methyl sites for hydroxylation is 1. The average Bonchev–Trinajstić information content (AvgIpc) is 3.04. The molecule has 1 fully saturated rings. The number of ether oxygens (including phenoxy) is 1. The summed E-state index contributed by atoms with van der Waals surface area (Å²) in [6.07, 6.45) is 8.26. The molecule has 0 N–H and O–H groups in total. The van der Waals surface area contributed by atoms with Gasteiger partial charge in [-0.3, -0.25) is 9.58 Å². The van der Waals surface area contributed by atoms with E-state index in [0.717, 1.165) is 38.8 Å². The predicted molar refractivity (Wildman–Crippen MR) is 82.3 cm³/mol. The first kappa shape index (κ1) is 14.0. The van der Waals surface area contributed by atoms with E-state index in [1.807, 2.05) is 30.3 Å². The SMILES string of the molecule is Cn1ncc2c1[C@H](COCC1CC1)CN(Cc1ccoc1)C2. The van der Waals surface area contributed by atoms with Crippen molar-refractivity contribution < 1.29 is 9.15 Å². The third-order valence-corrected chi connectivity index (χ3v) is 4.68. The predicted octanol–water partition coefficient (Wildman–Crippen LogP) is 2.54. The van der Waals surface area contributed by atoms with Crippen LogP contribution in [0.3, 0.4) is 0 Å². The lowest BCUT2D eigenvalue weighted by Crippen LogP contribution is -2.35. The molecule has 1 aliphatic heterocycles. The first-order valence-electron chi connectivity index (χ1n) is 8.11. The Hall–Kier alpha value is -1.59. The molecule has 0 saturated heterocycles. The first-order chi connectivity index (χ1) is 10.8. The zero-order valence-electron chi connectivity index (χ0n) is 13.1. The van der Waals surface area contributed by atoms with Crippen molar-refractivity contribution in [1.29, 1.82) is 0 Å². The van der Waals surface area contributed by atoms with Crippen LogP contribution < -0.4 is 0 Å². The van der Waals surface area contributed by atoms with Gasteiger partial charge in [-0.05, 0) is 24.8 Å². The quantitative estimate of drug-likeness (QED) is 0.822. The average molecular weight is 301 g/mol. The Labute approximate surface area is 130 Å². The fraction of sp³-hybridized carbons (Fsp3) is 0.588. The summed E-state index contributed by atoms with van der Waals surface area (Å²) in [6.45, 7) is 4.61. The van der Waals surface area contributed by atoms with Gasteiger partial charge in [-0.2, -0.15) is 5.10 Å². The molecule has 5 nitrogen and oxygen atoms in total. The van der Waals surface area contributed by atoms with Gasteiger partial charge in [-0.1, -0.05) is 0 Å². The zero-order chi connectivity index (χ0) is 14.9. The van der Waals surface area contributed by atoms with Crippen LogP contribution in [0.2, 0.25) is 0 Å². The highest BCUT2D eigenvalue weighted by Crippen LogP contribution is 2.32. The van der Waals surface area contributed by atoms with Gasteiger partial charge in [0.1, 0.15) is 0 Å². The number of hydrogen-bond acceptors (Lipinski definition) is 4. The van der Waals surface area contributed by atoms with E-state index in [4.69, 9.17) is 9.15 Å². The zero-order valence-corrected chi connectivity index (χ0v) is 13.1. The topological polar surface area (TPSA) is 43.4 Å². The molecule has 0 radical (unpaired) electrons. The molecule has 0 bridgehead atoms. The van der Waals surface area contributed by atoms with Crippen molar-refractivity contribution in [3.63, 3.8) is 0 Å². The fourth-order valence-electron chi connectivity index (χ4n) is 3.40. The highest BCUT2D eigenvalue weighted by atomic mass is 16.5. The van der Waals surface area contributed by atoms with Gasteiger partial charge in [0.2, 0.25) is 0 Å². The van der Waals surface area contributed by atoms with Gasteiger partial charge in [0.25, 0.3) is 0 Å². The van der Waals surface area contributed by atoms with E-state index in [1.54, 1.807) is 6.26 Å². The Morgan fingerprint density at radius 2 is 2.27 bits per heavy atom. The summed E-state index contributed by atoms with van der Waals surface area (Å²) in [5.74, 6) is 1.22. The summed E-state index contributed by atoms with van der Waals surface area (Å²) in [7, 11) is 2.04. The molecule has 0 aromatic carbocycles. The molecule has 1 aliphatic carbocycles. The Kier molecular flexibility index (Phi) is 3.76. The van der Waals surface area contributed by atoms with Crippen LogP contribution in [0.15, 0.2) is 29.2 Å². The Morgan fingerprint density at radius 1 is 1.36 bits per heavy atom. The lowest BCUT2D eigenvalue weighted by molar-refractivity contribution is 0.0869. The summed E-state index contributed by atoms with van der Waals surface area (Å²) in [4.78, 5) is 2.46. The van der Waals surface area contributed by atoms with Gasteiger partial charge < -0.3 is 9.15 Å². The van der Waals surface area contributed by atoms with E-state index < -0.39 is 0 Å². The van der Waals surface area contributed by atoms with Crippen molar-refractivity contribution in [1.82, 2.24) is 14.7 Å². The van der Waals surface area contributed by atoms with Crippen LogP contribution >= 0.6 is 0 Å². The van der Waals surface area contributed by atoms with Gasteiger partial charge in [0, 0.05) is 56.0 Å². The minimum absolute atomic E-state index is 0.405. The molecule has 3 heterocycles. The molecule has 0 unspecified atom stereocenters. The van der Waals surface area contributed by atoms with Crippen molar-refractivity contribution in [2.45, 2.75) is 31.8 Å². The van der Waals surface area contributed by atoms with Crippen LogP contribution in [0.4, 0.5) is 0 Å². The third-order valence-electron chi connectivity index (χ3n) is 4.68. The van der Waals surface area contributed by atoms with E-state index in [9.17, 15) is 0 Å². The van der Waals surface area contributed by atoms with Gasteiger partial charge in [0.15, 0.2) is 0 Å². The molecule has 1 atom stereocenters. The van der Waals surface area contributed by atoms with Gasteiger partial charge in [-0.25, -0.2) is 0 Å². The van der Waals surface area contributed by atoms with E-state index in [2.05, 4.69) is 10.00 Å². The van der Waals surface area contributed by atoms with Crippen LogP contribution in [0.5, 0.6) is 0 Å². The van der Waals surface area contributed by atoms with Crippen LogP contribution in [-0.4, -0.2) is 34.4 Å². The van der Waals surface area contributed by atoms with Crippen LogP contribution in [-0.2, 0) is 24.9 Å². The van der Waals surface area contributed by atoms with Crippen LogP contribution in [0.25, 0.3) is 0 Å². The minimum atomic E-state index is 0.405. The van der Waals surface area contributed by atoms with Crippen molar-refractivity contribution in [3.8, 4) is 0 Å². The molecule has 1 saturated carbocycles. The maximum Gasteiger partial charge on any atom is 0.0947 e. The molecular formula is C17H23N3O2. The number of fused-ring (bicyclic) bond motifs is 1. The number of aromatic nitrogens is 2. The number of hydrogen-bond donors (Lipinski definition) is 0. The Balaban J connectivity index is 1.46. The largest absolute Gasteiger partial charge is 0.472 e. The van der Waals surface area contributed by atoms with E-state index in [-0.39, 0.29) is 0 Å². The van der Waals surface area contributed by atoms with E-state index in [0.29, 0.717) is 5.92 Å². The normalized spacial score (nSPS) is 22.0. The second-order valence-electron chi connectivity index (χ2n) is 6.66. The molecule has 4 rings (SSSR count). The molecule has 2 aromatic heterocycles. The van der Waals surface area contributed by atoms with E-state index >= 15 is 0 Å². The van der Waals surface area contributed by atoms with Crippen molar-refractivity contribution >= 4 is 0 Å². The smallest absolute Gasteiger partial charge is 0.0947 e. The third kappa shape index (κ3) is 2.96. The van der Waals surface area contributed by atoms with Crippen LogP contribution in [0, 0.1) is 5.92 Å². The molecule has 2 aliphatic rings. The summed E-state index contributed by atoms with van der Waals surface area (Å²) in [5, 5.41) is 4.45. The first-order valence-corrected chi connectivity index (χ1v) is 8.11. The maximum atomic E-state index is 5.98. The molecular weight excluding hydrogens is 278 g/mol. The van der Waals surface area contributed by atoms with Gasteiger partial charge in [0.05, 0.1) is 25.3 Å². The fourth-order valence-corrected chi connectivity index (χ4v) is 3.40. The van der Waals surface area contributed by atoms with Gasteiger partial charge >= 0.3 is 0 Å². The number of rotatable bonds is 6. The standard InChI is InChI=1S/C17H23N3O2/c1-19-17-15(6-18-19)8-20(7-14-4-5-21-11-14)9-16(17)12-22-10-13-2-3-13/h4-6,11,13,16H,2-3,7-10,12H2,1H3/t16-/m0/s1. The highest BCUT2D eigenvalue weighted by molar-refractivity contribution is 5.25. The molecule has 0 amide bonds. The second-order valence-corrected chi connectivity index (χ2v) is 6.66. The highest BCUT2D eigenvalue weighted by Gasteiger charge is 2.30. The molecule has 2 aromatic rings. The number of furan rings is 1. The van der Waals surface area contributed by atoms with Gasteiger partial charge in [-0.15, -0.1) is 0 Å². The summed E-state index contributed by atoms with van der Waals surface area (Å²) < 4.78 is 13.2. The molecule has 118 valence electrons. The lowest BCUT2D eigenvalue weighted by atomic mass is 9.96. The van der Waals surface area contributed by atoms with Crippen LogP contribution in [0.1, 0.15) is 35.6 Å². The second kappa shape index (κ2) is 5.89. The Bertz CT molecular complexity index is 616. The van der Waals surface area contributed by atoms with Crippen molar-refractivity contribution in [3.05, 3.63) is 41.6 Å². The van der Waals surface area contributed by atoms with Crippen molar-refractivity contribution in [2.75, 3.05) is 19.8 Å². The summed E-state index contributed by atoms with van der Waals surface area (Å²) >= 11 is 0. The van der Waals surface area contributed by atoms with Crippen molar-refractivity contribution in [2.24, 2.45) is 13.0 Å². The molecule has 5 heteroatoms. The minimum Gasteiger partial charge on any atom is -0.472 e. The Morgan fingerprint density at radius 3 is 3.05 bits per heavy atom.